The van der Waals surface area contributed by atoms with Crippen LogP contribution in [0.4, 0.5) is 13.2 Å². The van der Waals surface area contributed by atoms with Crippen molar-refractivity contribution < 1.29 is 17.9 Å². The van der Waals surface area contributed by atoms with E-state index < -0.39 is 11.7 Å². The van der Waals surface area contributed by atoms with Crippen LogP contribution in [0.2, 0.25) is 0 Å². The smallest absolute Gasteiger partial charge is 0.420 e. The van der Waals surface area contributed by atoms with Crippen LogP contribution < -0.4 is 4.74 Å². The third kappa shape index (κ3) is 3.43. The molecule has 1 aliphatic carbocycles. The molecule has 124 valence electrons. The van der Waals surface area contributed by atoms with E-state index in [9.17, 15) is 13.2 Å². The molecule has 1 aromatic heterocycles. The molecule has 1 aliphatic rings. The number of benzene rings is 1. The first-order valence-electron chi connectivity index (χ1n) is 7.99. The second-order valence-corrected chi connectivity index (χ2v) is 6.46. The van der Waals surface area contributed by atoms with Gasteiger partial charge in [-0.3, -0.25) is 4.98 Å². The van der Waals surface area contributed by atoms with Crippen molar-refractivity contribution in [1.29, 1.82) is 0 Å². The van der Waals surface area contributed by atoms with Gasteiger partial charge in [0.15, 0.2) is 0 Å². The van der Waals surface area contributed by atoms with E-state index in [0.29, 0.717) is 17.1 Å². The number of halogens is 3. The minimum absolute atomic E-state index is 0.0739. The molecule has 23 heavy (non-hydrogen) atoms. The lowest BCUT2D eigenvalue weighted by molar-refractivity contribution is -0.138. The SMILES string of the molecule is Cc1ccc2c(C(F)(F)F)c(O[C@H]3CC[C@@H](C)CC3)ccc2n1. The van der Waals surface area contributed by atoms with Crippen LogP contribution in [-0.4, -0.2) is 11.1 Å². The van der Waals surface area contributed by atoms with Gasteiger partial charge in [0, 0.05) is 11.1 Å². The highest BCUT2D eigenvalue weighted by Gasteiger charge is 2.37. The molecular formula is C18H20F3NO. The van der Waals surface area contributed by atoms with E-state index in [1.54, 1.807) is 19.1 Å². The third-order valence-electron chi connectivity index (χ3n) is 4.51. The van der Waals surface area contributed by atoms with E-state index in [1.807, 2.05) is 0 Å². The van der Waals surface area contributed by atoms with E-state index in [4.69, 9.17) is 4.74 Å². The number of alkyl halides is 3. The lowest BCUT2D eigenvalue weighted by Crippen LogP contribution is -2.24. The maximum Gasteiger partial charge on any atom is 0.420 e. The van der Waals surface area contributed by atoms with Crippen LogP contribution in [0, 0.1) is 12.8 Å². The zero-order valence-electron chi connectivity index (χ0n) is 13.3. The molecule has 0 aliphatic heterocycles. The van der Waals surface area contributed by atoms with Crippen molar-refractivity contribution >= 4 is 10.9 Å². The van der Waals surface area contributed by atoms with E-state index in [-0.39, 0.29) is 17.2 Å². The van der Waals surface area contributed by atoms with Crippen LogP contribution in [-0.2, 0) is 6.18 Å². The summed E-state index contributed by atoms with van der Waals surface area (Å²) in [4.78, 5) is 4.19. The summed E-state index contributed by atoms with van der Waals surface area (Å²) < 4.78 is 46.5. The monoisotopic (exact) mass is 323 g/mol. The third-order valence-corrected chi connectivity index (χ3v) is 4.51. The molecule has 0 spiro atoms. The van der Waals surface area contributed by atoms with Gasteiger partial charge in [-0.1, -0.05) is 13.0 Å². The fraction of sp³-hybridized carbons (Fsp3) is 0.500. The number of aryl methyl sites for hydroxylation is 1. The first kappa shape index (κ1) is 16.1. The van der Waals surface area contributed by atoms with Crippen LogP contribution in [0.3, 0.4) is 0 Å². The summed E-state index contributed by atoms with van der Waals surface area (Å²) in [6.45, 7) is 3.93. The van der Waals surface area contributed by atoms with Gasteiger partial charge in [0.2, 0.25) is 0 Å². The van der Waals surface area contributed by atoms with Gasteiger partial charge in [-0.25, -0.2) is 0 Å². The Morgan fingerprint density at radius 2 is 1.74 bits per heavy atom. The van der Waals surface area contributed by atoms with E-state index in [2.05, 4.69) is 11.9 Å². The highest BCUT2D eigenvalue weighted by molar-refractivity contribution is 5.85. The van der Waals surface area contributed by atoms with E-state index in [1.165, 1.54) is 12.1 Å². The number of nitrogens with zero attached hydrogens (tertiary/aromatic N) is 1. The summed E-state index contributed by atoms with van der Waals surface area (Å²) in [5.41, 5.74) is 0.337. The summed E-state index contributed by atoms with van der Waals surface area (Å²) in [6.07, 6.45) is -0.983. The zero-order valence-corrected chi connectivity index (χ0v) is 13.3. The van der Waals surface area contributed by atoms with Crippen molar-refractivity contribution in [1.82, 2.24) is 4.98 Å². The molecule has 0 saturated heterocycles. The molecule has 0 radical (unpaired) electrons. The number of pyridine rings is 1. The summed E-state index contributed by atoms with van der Waals surface area (Å²) in [7, 11) is 0. The Morgan fingerprint density at radius 3 is 2.39 bits per heavy atom. The predicted molar refractivity (Wildman–Crippen MR) is 83.5 cm³/mol. The second kappa shape index (κ2) is 6.02. The number of ether oxygens (including phenoxy) is 1. The van der Waals surface area contributed by atoms with Crippen LogP contribution >= 0.6 is 0 Å². The van der Waals surface area contributed by atoms with Gasteiger partial charge in [0.05, 0.1) is 11.6 Å². The molecule has 2 aromatic rings. The minimum Gasteiger partial charge on any atom is -0.490 e. The van der Waals surface area contributed by atoms with Crippen LogP contribution in [0.25, 0.3) is 10.9 Å². The van der Waals surface area contributed by atoms with Crippen LogP contribution in [0.1, 0.15) is 43.9 Å². The number of aromatic nitrogens is 1. The van der Waals surface area contributed by atoms with Gasteiger partial charge in [-0.2, -0.15) is 13.2 Å². The molecule has 0 bridgehead atoms. The Labute approximate surface area is 133 Å². The maximum atomic E-state index is 13.6. The average molecular weight is 323 g/mol. The van der Waals surface area contributed by atoms with Gasteiger partial charge in [-0.15, -0.1) is 0 Å². The molecule has 3 rings (SSSR count). The molecule has 2 nitrogen and oxygen atoms in total. The highest BCUT2D eigenvalue weighted by Crippen LogP contribution is 2.42. The lowest BCUT2D eigenvalue weighted by Gasteiger charge is -2.28. The fourth-order valence-corrected chi connectivity index (χ4v) is 3.20. The number of hydrogen-bond donors (Lipinski definition) is 0. The molecule has 1 saturated carbocycles. The normalized spacial score (nSPS) is 22.3. The Bertz CT molecular complexity index is 703. The van der Waals surface area contributed by atoms with Crippen molar-refractivity contribution in [3.05, 3.63) is 35.5 Å². The largest absolute Gasteiger partial charge is 0.490 e. The predicted octanol–water partition coefficient (Wildman–Crippen LogP) is 5.52. The average Bonchev–Trinajstić information content (AvgIpc) is 2.48. The summed E-state index contributed by atoms with van der Waals surface area (Å²) in [5, 5.41) is 0.102. The topological polar surface area (TPSA) is 22.1 Å². The zero-order chi connectivity index (χ0) is 16.6. The summed E-state index contributed by atoms with van der Waals surface area (Å²) >= 11 is 0. The molecule has 1 heterocycles. The van der Waals surface area contributed by atoms with E-state index in [0.717, 1.165) is 25.7 Å². The van der Waals surface area contributed by atoms with E-state index >= 15 is 0 Å². The molecule has 5 heteroatoms. The molecule has 0 atom stereocenters. The standard InChI is InChI=1S/C18H20F3NO/c1-11-3-6-13(7-4-11)23-16-10-9-15-14(8-5-12(2)22-15)17(16)18(19,20)21/h5,8-11,13H,3-4,6-7H2,1-2H3/t11-,13+. The number of hydrogen-bond acceptors (Lipinski definition) is 2. The summed E-state index contributed by atoms with van der Waals surface area (Å²) in [6, 6.07) is 6.11. The number of rotatable bonds is 2. The molecular weight excluding hydrogens is 303 g/mol. The van der Waals surface area contributed by atoms with Crippen LogP contribution in [0.15, 0.2) is 24.3 Å². The fourth-order valence-electron chi connectivity index (χ4n) is 3.20. The number of fused-ring (bicyclic) bond motifs is 1. The first-order chi connectivity index (χ1) is 10.8. The van der Waals surface area contributed by atoms with Gasteiger partial charge in [-0.05, 0) is 56.7 Å². The Morgan fingerprint density at radius 1 is 1.04 bits per heavy atom. The molecule has 0 unspecified atom stereocenters. The Balaban J connectivity index is 2.01. The van der Waals surface area contributed by atoms with Gasteiger partial charge >= 0.3 is 6.18 Å². The highest BCUT2D eigenvalue weighted by atomic mass is 19.4. The van der Waals surface area contributed by atoms with Crippen LogP contribution in [0.5, 0.6) is 5.75 Å². The van der Waals surface area contributed by atoms with Gasteiger partial charge in [0.25, 0.3) is 0 Å². The van der Waals surface area contributed by atoms with Crippen molar-refractivity contribution in [2.75, 3.05) is 0 Å². The van der Waals surface area contributed by atoms with Crippen molar-refractivity contribution in [3.8, 4) is 5.75 Å². The first-order valence-corrected chi connectivity index (χ1v) is 7.99. The Hall–Kier alpha value is -1.78. The second-order valence-electron chi connectivity index (χ2n) is 6.46. The molecule has 0 amide bonds. The van der Waals surface area contributed by atoms with Crippen molar-refractivity contribution in [2.24, 2.45) is 5.92 Å². The summed E-state index contributed by atoms with van der Waals surface area (Å²) in [5.74, 6) is 0.552. The lowest BCUT2D eigenvalue weighted by atomic mass is 9.89. The molecule has 0 N–H and O–H groups in total. The quantitative estimate of drug-likeness (QED) is 0.726. The van der Waals surface area contributed by atoms with Crippen molar-refractivity contribution in [2.45, 2.75) is 51.8 Å². The Kier molecular flexibility index (Phi) is 4.21. The van der Waals surface area contributed by atoms with Gasteiger partial charge < -0.3 is 4.74 Å². The maximum absolute atomic E-state index is 13.6. The van der Waals surface area contributed by atoms with Crippen molar-refractivity contribution in [3.63, 3.8) is 0 Å². The molecule has 1 aromatic carbocycles. The molecule has 1 fully saturated rings. The van der Waals surface area contributed by atoms with Gasteiger partial charge in [0.1, 0.15) is 11.3 Å². The minimum atomic E-state index is -4.46.